The number of nitrogens with one attached hydrogen (secondary N) is 1. The lowest BCUT2D eigenvalue weighted by Crippen LogP contribution is -2.55. The molecule has 2 fully saturated rings. The highest BCUT2D eigenvalue weighted by Crippen LogP contribution is 2.16. The standard InChI is InChI=1S/C17H30N4O4/c1-17(2,3)25-14(22)12-19-16(18-4)21-9-7-20(8-10-21)15(23)13-6-5-11-24-13/h13H,5-12H2,1-4H3,(H,18,19). The fourth-order valence-corrected chi connectivity index (χ4v) is 2.98. The highest BCUT2D eigenvalue weighted by Gasteiger charge is 2.31. The first-order chi connectivity index (χ1) is 11.8. The van der Waals surface area contributed by atoms with Gasteiger partial charge < -0.3 is 24.6 Å². The molecule has 2 saturated heterocycles. The van der Waals surface area contributed by atoms with Crippen LogP contribution in [0.5, 0.6) is 0 Å². The van der Waals surface area contributed by atoms with Gasteiger partial charge in [-0.25, -0.2) is 0 Å². The smallest absolute Gasteiger partial charge is 0.325 e. The summed E-state index contributed by atoms with van der Waals surface area (Å²) in [6, 6.07) is 0. The van der Waals surface area contributed by atoms with Gasteiger partial charge in [-0.15, -0.1) is 0 Å². The van der Waals surface area contributed by atoms with Crippen LogP contribution < -0.4 is 5.32 Å². The third kappa shape index (κ3) is 5.88. The molecule has 0 spiro atoms. The minimum Gasteiger partial charge on any atom is -0.459 e. The first kappa shape index (κ1) is 19.5. The molecule has 1 amide bonds. The van der Waals surface area contributed by atoms with E-state index >= 15 is 0 Å². The molecular weight excluding hydrogens is 324 g/mol. The number of nitrogens with zero attached hydrogens (tertiary/aromatic N) is 3. The second-order valence-electron chi connectivity index (χ2n) is 7.30. The molecule has 0 saturated carbocycles. The van der Waals surface area contributed by atoms with Gasteiger partial charge in [0.25, 0.3) is 5.91 Å². The van der Waals surface area contributed by atoms with Crippen LogP contribution in [0.15, 0.2) is 4.99 Å². The van der Waals surface area contributed by atoms with Crippen molar-refractivity contribution in [3.63, 3.8) is 0 Å². The van der Waals surface area contributed by atoms with Crippen LogP contribution in [0.4, 0.5) is 0 Å². The normalized spacial score (nSPS) is 22.1. The van der Waals surface area contributed by atoms with Gasteiger partial charge in [0, 0.05) is 39.8 Å². The minimum absolute atomic E-state index is 0.0685. The zero-order valence-electron chi connectivity index (χ0n) is 15.7. The van der Waals surface area contributed by atoms with Gasteiger partial charge in [0.05, 0.1) is 0 Å². The van der Waals surface area contributed by atoms with E-state index in [0.29, 0.717) is 38.7 Å². The molecule has 0 aromatic rings. The van der Waals surface area contributed by atoms with E-state index in [-0.39, 0.29) is 24.5 Å². The van der Waals surface area contributed by atoms with Crippen molar-refractivity contribution in [1.29, 1.82) is 0 Å². The summed E-state index contributed by atoms with van der Waals surface area (Å²) in [6.45, 7) is 8.87. The average molecular weight is 354 g/mol. The topological polar surface area (TPSA) is 83.5 Å². The Hall–Kier alpha value is -1.83. The molecule has 0 bridgehead atoms. The third-order valence-electron chi connectivity index (χ3n) is 4.12. The third-order valence-corrected chi connectivity index (χ3v) is 4.12. The Morgan fingerprint density at radius 3 is 2.36 bits per heavy atom. The number of esters is 1. The van der Waals surface area contributed by atoms with E-state index in [1.165, 1.54) is 0 Å². The summed E-state index contributed by atoms with van der Waals surface area (Å²) >= 11 is 0. The molecule has 0 aromatic heterocycles. The van der Waals surface area contributed by atoms with Gasteiger partial charge in [-0.2, -0.15) is 0 Å². The molecule has 142 valence electrons. The van der Waals surface area contributed by atoms with E-state index in [2.05, 4.69) is 10.3 Å². The van der Waals surface area contributed by atoms with Gasteiger partial charge in [-0.3, -0.25) is 14.6 Å². The Morgan fingerprint density at radius 2 is 1.84 bits per heavy atom. The fraction of sp³-hybridized carbons (Fsp3) is 0.824. The molecular formula is C17H30N4O4. The van der Waals surface area contributed by atoms with E-state index in [4.69, 9.17) is 9.47 Å². The van der Waals surface area contributed by atoms with Crippen molar-refractivity contribution in [3.05, 3.63) is 0 Å². The number of amides is 1. The SMILES string of the molecule is CN=C(NCC(=O)OC(C)(C)C)N1CCN(C(=O)C2CCCO2)CC1. The Kier molecular flexibility index (Phi) is 6.64. The largest absolute Gasteiger partial charge is 0.459 e. The Bertz CT molecular complexity index is 501. The maximum Gasteiger partial charge on any atom is 0.325 e. The maximum atomic E-state index is 12.4. The van der Waals surface area contributed by atoms with Gasteiger partial charge in [0.15, 0.2) is 5.96 Å². The lowest BCUT2D eigenvalue weighted by molar-refractivity contribution is -0.153. The molecule has 2 heterocycles. The van der Waals surface area contributed by atoms with Crippen molar-refractivity contribution in [2.24, 2.45) is 4.99 Å². The predicted molar refractivity (Wildman–Crippen MR) is 94.3 cm³/mol. The Morgan fingerprint density at radius 1 is 1.20 bits per heavy atom. The monoisotopic (exact) mass is 354 g/mol. The molecule has 1 N–H and O–H groups in total. The zero-order valence-corrected chi connectivity index (χ0v) is 15.7. The van der Waals surface area contributed by atoms with Crippen LogP contribution in [0.2, 0.25) is 0 Å². The minimum atomic E-state index is -0.503. The van der Waals surface area contributed by atoms with E-state index in [1.807, 2.05) is 30.6 Å². The number of ether oxygens (including phenoxy) is 2. The summed E-state index contributed by atoms with van der Waals surface area (Å²) < 4.78 is 10.8. The summed E-state index contributed by atoms with van der Waals surface area (Å²) in [5, 5.41) is 3.03. The first-order valence-electron chi connectivity index (χ1n) is 8.88. The van der Waals surface area contributed by atoms with Crippen molar-refractivity contribution in [2.75, 3.05) is 46.4 Å². The molecule has 2 rings (SSSR count). The van der Waals surface area contributed by atoms with E-state index in [0.717, 1.165) is 12.8 Å². The quantitative estimate of drug-likeness (QED) is 0.444. The number of carbonyl (C=O) groups is 2. The second-order valence-corrected chi connectivity index (χ2v) is 7.30. The molecule has 0 aromatic carbocycles. The van der Waals surface area contributed by atoms with Crippen LogP contribution in [0.25, 0.3) is 0 Å². The fourth-order valence-electron chi connectivity index (χ4n) is 2.98. The van der Waals surface area contributed by atoms with Gasteiger partial charge in [-0.05, 0) is 33.6 Å². The van der Waals surface area contributed by atoms with Gasteiger partial charge in [0.2, 0.25) is 0 Å². The molecule has 2 aliphatic heterocycles. The van der Waals surface area contributed by atoms with Crippen LogP contribution in [0.3, 0.4) is 0 Å². The van der Waals surface area contributed by atoms with Crippen LogP contribution in [-0.4, -0.2) is 85.7 Å². The van der Waals surface area contributed by atoms with Crippen molar-refractivity contribution in [3.8, 4) is 0 Å². The number of hydrogen-bond acceptors (Lipinski definition) is 5. The van der Waals surface area contributed by atoms with Crippen LogP contribution >= 0.6 is 0 Å². The maximum absolute atomic E-state index is 12.4. The number of rotatable bonds is 3. The summed E-state index contributed by atoms with van der Waals surface area (Å²) in [5.74, 6) is 0.421. The summed E-state index contributed by atoms with van der Waals surface area (Å²) in [4.78, 5) is 32.3. The molecule has 0 aliphatic carbocycles. The molecule has 0 radical (unpaired) electrons. The van der Waals surface area contributed by atoms with Crippen molar-refractivity contribution >= 4 is 17.8 Å². The van der Waals surface area contributed by atoms with E-state index < -0.39 is 5.60 Å². The average Bonchev–Trinajstić information content (AvgIpc) is 3.08. The van der Waals surface area contributed by atoms with E-state index in [9.17, 15) is 9.59 Å². The molecule has 8 heteroatoms. The number of piperazine rings is 1. The van der Waals surface area contributed by atoms with Crippen molar-refractivity contribution in [2.45, 2.75) is 45.3 Å². The highest BCUT2D eigenvalue weighted by atomic mass is 16.6. The lowest BCUT2D eigenvalue weighted by Gasteiger charge is -2.37. The molecule has 2 aliphatic rings. The molecule has 1 atom stereocenters. The van der Waals surface area contributed by atoms with Gasteiger partial charge in [0.1, 0.15) is 18.2 Å². The number of guanidine groups is 1. The lowest BCUT2D eigenvalue weighted by atomic mass is 10.2. The Labute approximate surface area is 149 Å². The van der Waals surface area contributed by atoms with E-state index in [1.54, 1.807) is 7.05 Å². The van der Waals surface area contributed by atoms with Crippen molar-refractivity contribution in [1.82, 2.24) is 15.1 Å². The summed E-state index contributed by atoms with van der Waals surface area (Å²) in [5.41, 5.74) is -0.503. The molecule has 1 unspecified atom stereocenters. The molecule has 8 nitrogen and oxygen atoms in total. The zero-order chi connectivity index (χ0) is 18.4. The van der Waals surface area contributed by atoms with Crippen LogP contribution in [0.1, 0.15) is 33.6 Å². The van der Waals surface area contributed by atoms with Gasteiger partial charge in [-0.1, -0.05) is 0 Å². The number of carbonyl (C=O) groups excluding carboxylic acids is 2. The first-order valence-corrected chi connectivity index (χ1v) is 8.88. The van der Waals surface area contributed by atoms with Gasteiger partial charge >= 0.3 is 5.97 Å². The number of aliphatic imine (C=N–C) groups is 1. The predicted octanol–water partition coefficient (Wildman–Crippen LogP) is 0.227. The summed E-state index contributed by atoms with van der Waals surface area (Å²) in [6.07, 6.45) is 1.51. The number of hydrogen-bond donors (Lipinski definition) is 1. The highest BCUT2D eigenvalue weighted by molar-refractivity contribution is 5.85. The van der Waals surface area contributed by atoms with Crippen LogP contribution in [-0.2, 0) is 19.1 Å². The summed E-state index contributed by atoms with van der Waals surface area (Å²) in [7, 11) is 1.68. The molecule has 25 heavy (non-hydrogen) atoms. The second kappa shape index (κ2) is 8.51. The van der Waals surface area contributed by atoms with Crippen LogP contribution in [0, 0.1) is 0 Å². The Balaban J connectivity index is 1.77. The van der Waals surface area contributed by atoms with Crippen molar-refractivity contribution < 1.29 is 19.1 Å².